The second-order valence-corrected chi connectivity index (χ2v) is 5.39. The molecule has 1 fully saturated rings. The second kappa shape index (κ2) is 5.32. The number of carbonyl (C=O) groups excluding carboxylic acids is 1. The lowest BCUT2D eigenvalue weighted by molar-refractivity contribution is 0.0708. The molecule has 5 nitrogen and oxygen atoms in total. The Morgan fingerprint density at radius 2 is 2.15 bits per heavy atom. The number of amides is 1. The molecule has 2 N–H and O–H groups in total. The fourth-order valence-corrected chi connectivity index (χ4v) is 2.73. The number of hydrogen-bond acceptors (Lipinski definition) is 4. The summed E-state index contributed by atoms with van der Waals surface area (Å²) in [7, 11) is 1.82. The van der Waals surface area contributed by atoms with E-state index in [2.05, 4.69) is 0 Å². The summed E-state index contributed by atoms with van der Waals surface area (Å²) >= 11 is 0. The Labute approximate surface area is 118 Å². The van der Waals surface area contributed by atoms with Crippen LogP contribution in [0.25, 0.3) is 0 Å². The monoisotopic (exact) mass is 276 g/mol. The van der Waals surface area contributed by atoms with Gasteiger partial charge in [0.2, 0.25) is 0 Å². The number of benzene rings is 1. The third-order valence-corrected chi connectivity index (χ3v) is 4.02. The molecule has 2 aliphatic rings. The minimum atomic E-state index is -0.0466. The topological polar surface area (TPSA) is 64.8 Å². The van der Waals surface area contributed by atoms with Crippen LogP contribution in [-0.4, -0.2) is 43.7 Å². The summed E-state index contributed by atoms with van der Waals surface area (Å²) in [5.41, 5.74) is 6.38. The average Bonchev–Trinajstić information content (AvgIpc) is 3.31. The lowest BCUT2D eigenvalue weighted by atomic mass is 10.1. The van der Waals surface area contributed by atoms with Crippen molar-refractivity contribution < 1.29 is 14.3 Å². The number of ether oxygens (including phenoxy) is 2. The van der Waals surface area contributed by atoms with Gasteiger partial charge in [-0.3, -0.25) is 4.79 Å². The standard InChI is InChI=1S/C15H20N2O3/c1-17(12(9-16)10-5-6-10)15(18)11-3-2-4-13-14(11)20-8-7-19-13/h2-4,10,12H,5-9,16H2,1H3. The number of nitrogens with two attached hydrogens (primary N) is 1. The van der Waals surface area contributed by atoms with Crippen molar-refractivity contribution in [2.45, 2.75) is 18.9 Å². The number of carbonyl (C=O) groups is 1. The van der Waals surface area contributed by atoms with Crippen molar-refractivity contribution in [3.8, 4) is 11.5 Å². The second-order valence-electron chi connectivity index (χ2n) is 5.39. The van der Waals surface area contributed by atoms with Crippen LogP contribution in [0, 0.1) is 5.92 Å². The minimum Gasteiger partial charge on any atom is -0.486 e. The van der Waals surface area contributed by atoms with Crippen LogP contribution in [0.1, 0.15) is 23.2 Å². The zero-order valence-corrected chi connectivity index (χ0v) is 11.7. The van der Waals surface area contributed by atoms with Gasteiger partial charge in [0.05, 0.1) is 5.56 Å². The van der Waals surface area contributed by atoms with Crippen molar-refractivity contribution >= 4 is 5.91 Å². The molecule has 0 spiro atoms. The maximum atomic E-state index is 12.7. The molecular weight excluding hydrogens is 256 g/mol. The molecule has 1 saturated carbocycles. The molecule has 0 saturated heterocycles. The highest BCUT2D eigenvalue weighted by Crippen LogP contribution is 2.37. The van der Waals surface area contributed by atoms with Gasteiger partial charge in [-0.15, -0.1) is 0 Å². The predicted octanol–water partition coefficient (Wildman–Crippen LogP) is 1.27. The fourth-order valence-electron chi connectivity index (χ4n) is 2.73. The zero-order valence-electron chi connectivity index (χ0n) is 11.7. The largest absolute Gasteiger partial charge is 0.486 e. The van der Waals surface area contributed by atoms with E-state index >= 15 is 0 Å². The van der Waals surface area contributed by atoms with E-state index in [0.717, 1.165) is 12.8 Å². The van der Waals surface area contributed by atoms with E-state index in [4.69, 9.17) is 15.2 Å². The molecule has 1 amide bonds. The van der Waals surface area contributed by atoms with E-state index in [1.165, 1.54) is 0 Å². The Kier molecular flexibility index (Phi) is 3.53. The van der Waals surface area contributed by atoms with Gasteiger partial charge in [0.1, 0.15) is 13.2 Å². The predicted molar refractivity (Wildman–Crippen MR) is 75.1 cm³/mol. The third-order valence-electron chi connectivity index (χ3n) is 4.02. The van der Waals surface area contributed by atoms with Crippen molar-refractivity contribution in [2.75, 3.05) is 26.8 Å². The minimum absolute atomic E-state index is 0.0466. The highest BCUT2D eigenvalue weighted by molar-refractivity contribution is 5.98. The molecular formula is C15H20N2O3. The quantitative estimate of drug-likeness (QED) is 0.899. The Morgan fingerprint density at radius 1 is 1.40 bits per heavy atom. The molecule has 20 heavy (non-hydrogen) atoms. The first kappa shape index (κ1) is 13.2. The summed E-state index contributed by atoms with van der Waals surface area (Å²) in [5.74, 6) is 1.70. The molecule has 1 unspecified atom stereocenters. The van der Waals surface area contributed by atoms with Crippen molar-refractivity contribution in [1.82, 2.24) is 4.90 Å². The highest BCUT2D eigenvalue weighted by Gasteiger charge is 2.36. The fraction of sp³-hybridized carbons (Fsp3) is 0.533. The van der Waals surface area contributed by atoms with Crippen molar-refractivity contribution in [3.05, 3.63) is 23.8 Å². The van der Waals surface area contributed by atoms with Crippen LogP contribution in [0.2, 0.25) is 0 Å². The molecule has 1 heterocycles. The maximum Gasteiger partial charge on any atom is 0.257 e. The molecule has 5 heteroatoms. The first-order valence-corrected chi connectivity index (χ1v) is 7.08. The van der Waals surface area contributed by atoms with Gasteiger partial charge in [0, 0.05) is 19.6 Å². The van der Waals surface area contributed by atoms with Gasteiger partial charge in [0.25, 0.3) is 5.91 Å². The number of fused-ring (bicyclic) bond motifs is 1. The number of nitrogens with zero attached hydrogens (tertiary/aromatic N) is 1. The van der Waals surface area contributed by atoms with E-state index in [1.807, 2.05) is 19.2 Å². The Morgan fingerprint density at radius 3 is 2.85 bits per heavy atom. The summed E-state index contributed by atoms with van der Waals surface area (Å²) in [6.07, 6.45) is 2.32. The summed E-state index contributed by atoms with van der Waals surface area (Å²) in [6, 6.07) is 5.55. The Bertz CT molecular complexity index is 514. The van der Waals surface area contributed by atoms with E-state index in [-0.39, 0.29) is 11.9 Å². The van der Waals surface area contributed by atoms with Crippen LogP contribution in [-0.2, 0) is 0 Å². The Balaban J connectivity index is 1.86. The molecule has 0 radical (unpaired) electrons. The van der Waals surface area contributed by atoms with Crippen LogP contribution in [0.15, 0.2) is 18.2 Å². The van der Waals surface area contributed by atoms with Crippen molar-refractivity contribution in [3.63, 3.8) is 0 Å². The number of likely N-dealkylation sites (N-methyl/N-ethyl adjacent to an activating group) is 1. The van der Waals surface area contributed by atoms with Gasteiger partial charge in [-0.25, -0.2) is 0 Å². The van der Waals surface area contributed by atoms with Crippen molar-refractivity contribution in [1.29, 1.82) is 0 Å². The number of para-hydroxylation sites is 1. The number of hydrogen-bond donors (Lipinski definition) is 1. The lowest BCUT2D eigenvalue weighted by Crippen LogP contribution is -2.43. The summed E-state index contributed by atoms with van der Waals surface area (Å²) in [6.45, 7) is 1.50. The summed E-state index contributed by atoms with van der Waals surface area (Å²) < 4.78 is 11.1. The summed E-state index contributed by atoms with van der Waals surface area (Å²) in [5, 5.41) is 0. The first-order chi connectivity index (χ1) is 9.72. The lowest BCUT2D eigenvalue weighted by Gasteiger charge is -2.29. The van der Waals surface area contributed by atoms with Crippen LogP contribution >= 0.6 is 0 Å². The van der Waals surface area contributed by atoms with Crippen LogP contribution < -0.4 is 15.2 Å². The molecule has 1 aromatic carbocycles. The first-order valence-electron chi connectivity index (χ1n) is 7.08. The molecule has 0 bridgehead atoms. The highest BCUT2D eigenvalue weighted by atomic mass is 16.6. The van der Waals surface area contributed by atoms with Gasteiger partial charge in [-0.1, -0.05) is 6.07 Å². The average molecular weight is 276 g/mol. The Hall–Kier alpha value is -1.75. The smallest absolute Gasteiger partial charge is 0.257 e. The van der Waals surface area contributed by atoms with Crippen LogP contribution in [0.5, 0.6) is 11.5 Å². The van der Waals surface area contributed by atoms with Gasteiger partial charge in [-0.2, -0.15) is 0 Å². The number of rotatable bonds is 4. The van der Waals surface area contributed by atoms with Crippen molar-refractivity contribution in [2.24, 2.45) is 11.7 Å². The van der Waals surface area contributed by atoms with E-state index in [9.17, 15) is 4.79 Å². The zero-order chi connectivity index (χ0) is 14.1. The SMILES string of the molecule is CN(C(=O)c1cccc2c1OCCO2)C(CN)C1CC1. The third kappa shape index (κ3) is 2.33. The molecule has 108 valence electrons. The van der Waals surface area contributed by atoms with Gasteiger partial charge < -0.3 is 20.1 Å². The summed E-state index contributed by atoms with van der Waals surface area (Å²) in [4.78, 5) is 14.4. The molecule has 1 aromatic rings. The molecule has 1 aliphatic heterocycles. The van der Waals surface area contributed by atoms with E-state index in [1.54, 1.807) is 11.0 Å². The van der Waals surface area contributed by atoms with Crippen LogP contribution in [0.4, 0.5) is 0 Å². The molecule has 1 atom stereocenters. The van der Waals surface area contributed by atoms with Crippen LogP contribution in [0.3, 0.4) is 0 Å². The molecule has 0 aromatic heterocycles. The van der Waals surface area contributed by atoms with E-state index < -0.39 is 0 Å². The van der Waals surface area contributed by atoms with Gasteiger partial charge in [0.15, 0.2) is 11.5 Å². The normalized spacial score (nSPS) is 18.5. The molecule has 3 rings (SSSR count). The van der Waals surface area contributed by atoms with Gasteiger partial charge >= 0.3 is 0 Å². The van der Waals surface area contributed by atoms with E-state index in [0.29, 0.717) is 42.7 Å². The maximum absolute atomic E-state index is 12.7. The van der Waals surface area contributed by atoms with Gasteiger partial charge in [-0.05, 0) is 30.9 Å². The molecule has 1 aliphatic carbocycles.